The Morgan fingerprint density at radius 2 is 1.94 bits per heavy atom. The van der Waals surface area contributed by atoms with Gasteiger partial charge in [-0.05, 0) is 12.1 Å². The Hall–Kier alpha value is -1.26. The van der Waals surface area contributed by atoms with Crippen LogP contribution in [0.1, 0.15) is 6.92 Å². The minimum absolute atomic E-state index is 0.258. The highest BCUT2D eigenvalue weighted by atomic mass is 35.5. The van der Waals surface area contributed by atoms with Crippen molar-refractivity contribution in [3.63, 3.8) is 0 Å². The summed E-state index contributed by atoms with van der Waals surface area (Å²) >= 11 is 11.6. The van der Waals surface area contributed by atoms with Crippen molar-refractivity contribution in [2.24, 2.45) is 0 Å². The molecule has 0 saturated carbocycles. The third kappa shape index (κ3) is 2.87. The number of carbonyl (C=O) groups excluding carboxylic acids is 2. The lowest BCUT2D eigenvalue weighted by atomic mass is 10.2. The summed E-state index contributed by atoms with van der Waals surface area (Å²) in [6, 6.07) is 2.93. The second kappa shape index (κ2) is 5.18. The molecular formula is C10H9Cl2NO3. The zero-order chi connectivity index (χ0) is 12.3. The van der Waals surface area contributed by atoms with Crippen LogP contribution in [0, 0.1) is 0 Å². The van der Waals surface area contributed by atoms with Crippen molar-refractivity contribution >= 4 is 40.6 Å². The summed E-state index contributed by atoms with van der Waals surface area (Å²) in [6.07, 6.45) is 0. The highest BCUT2D eigenvalue weighted by Gasteiger charge is 2.14. The Kier molecular flexibility index (Phi) is 4.15. The minimum Gasteiger partial charge on any atom is -0.493 e. The molecule has 1 N–H and O–H groups in total. The number of hydrogen-bond acceptors (Lipinski definition) is 3. The van der Waals surface area contributed by atoms with Crippen molar-refractivity contribution in [2.45, 2.75) is 6.92 Å². The molecule has 6 heteroatoms. The van der Waals surface area contributed by atoms with E-state index in [9.17, 15) is 9.59 Å². The highest BCUT2D eigenvalue weighted by Crippen LogP contribution is 2.35. The first-order valence-corrected chi connectivity index (χ1v) is 5.06. The number of halogens is 2. The van der Waals surface area contributed by atoms with Crippen LogP contribution < -0.4 is 10.1 Å². The number of hydrogen-bond donors (Lipinski definition) is 1. The van der Waals surface area contributed by atoms with Crippen LogP contribution in [0.3, 0.4) is 0 Å². The predicted octanol–water partition coefficient (Wildman–Crippen LogP) is 2.53. The molecule has 0 spiro atoms. The molecule has 0 saturated heterocycles. The number of ether oxygens (including phenoxy) is 1. The van der Waals surface area contributed by atoms with Gasteiger partial charge in [0.2, 0.25) is 5.78 Å². The molecule has 0 aromatic heterocycles. The van der Waals surface area contributed by atoms with Gasteiger partial charge in [-0.2, -0.15) is 0 Å². The monoisotopic (exact) mass is 261 g/mol. The summed E-state index contributed by atoms with van der Waals surface area (Å²) in [4.78, 5) is 22.0. The molecular weight excluding hydrogens is 253 g/mol. The van der Waals surface area contributed by atoms with E-state index in [-0.39, 0.29) is 16.5 Å². The first-order valence-electron chi connectivity index (χ1n) is 4.30. The van der Waals surface area contributed by atoms with Crippen molar-refractivity contribution in [1.82, 2.24) is 0 Å². The van der Waals surface area contributed by atoms with Gasteiger partial charge in [0.25, 0.3) is 5.91 Å². The van der Waals surface area contributed by atoms with Crippen LogP contribution in [0.25, 0.3) is 0 Å². The quantitative estimate of drug-likeness (QED) is 0.851. The second-order valence-corrected chi connectivity index (χ2v) is 3.82. The lowest BCUT2D eigenvalue weighted by Crippen LogP contribution is -2.20. The zero-order valence-corrected chi connectivity index (χ0v) is 10.1. The van der Waals surface area contributed by atoms with Crippen LogP contribution in [-0.2, 0) is 9.59 Å². The van der Waals surface area contributed by atoms with Crippen LogP contribution in [0.4, 0.5) is 5.69 Å². The fourth-order valence-electron chi connectivity index (χ4n) is 1.07. The van der Waals surface area contributed by atoms with Crippen molar-refractivity contribution in [3.8, 4) is 5.75 Å². The predicted molar refractivity (Wildman–Crippen MR) is 62.3 cm³/mol. The Bertz CT molecular complexity index is 446. The van der Waals surface area contributed by atoms with Crippen LogP contribution >= 0.6 is 23.2 Å². The third-order valence-electron chi connectivity index (χ3n) is 1.78. The van der Waals surface area contributed by atoms with E-state index in [1.807, 2.05) is 0 Å². The van der Waals surface area contributed by atoms with Gasteiger partial charge in [0.15, 0.2) is 5.75 Å². The molecule has 0 unspecified atom stereocenters. The van der Waals surface area contributed by atoms with Gasteiger partial charge in [0.1, 0.15) is 0 Å². The molecule has 0 aliphatic heterocycles. The number of benzene rings is 1. The summed E-state index contributed by atoms with van der Waals surface area (Å²) in [6.45, 7) is 1.16. The summed E-state index contributed by atoms with van der Waals surface area (Å²) in [5.74, 6) is -1.10. The molecule has 0 atom stereocenters. The first kappa shape index (κ1) is 12.8. The zero-order valence-electron chi connectivity index (χ0n) is 8.64. The molecule has 0 bridgehead atoms. The molecule has 16 heavy (non-hydrogen) atoms. The van der Waals surface area contributed by atoms with Crippen LogP contribution in [0.5, 0.6) is 5.75 Å². The van der Waals surface area contributed by atoms with Crippen molar-refractivity contribution < 1.29 is 14.3 Å². The molecule has 1 amide bonds. The van der Waals surface area contributed by atoms with E-state index in [2.05, 4.69) is 5.32 Å². The molecule has 0 fully saturated rings. The normalized spacial score (nSPS) is 9.75. The van der Waals surface area contributed by atoms with Gasteiger partial charge in [-0.25, -0.2) is 0 Å². The van der Waals surface area contributed by atoms with E-state index < -0.39 is 11.7 Å². The Labute approximate surface area is 102 Å². The molecule has 1 aromatic carbocycles. The van der Waals surface area contributed by atoms with Crippen LogP contribution in [-0.4, -0.2) is 18.8 Å². The SMILES string of the molecule is COc1c(Cl)cc(Cl)cc1NC(=O)C(C)=O. The maximum atomic E-state index is 11.2. The topological polar surface area (TPSA) is 55.4 Å². The molecule has 0 aliphatic rings. The number of amides is 1. The number of anilines is 1. The molecule has 1 rings (SSSR count). The number of rotatable bonds is 3. The van der Waals surface area contributed by atoms with E-state index >= 15 is 0 Å². The summed E-state index contributed by atoms with van der Waals surface area (Å²) < 4.78 is 5.00. The third-order valence-corrected chi connectivity index (χ3v) is 2.28. The largest absolute Gasteiger partial charge is 0.493 e. The highest BCUT2D eigenvalue weighted by molar-refractivity contribution is 6.41. The van der Waals surface area contributed by atoms with Crippen molar-refractivity contribution in [3.05, 3.63) is 22.2 Å². The smallest absolute Gasteiger partial charge is 0.291 e. The summed E-state index contributed by atoms with van der Waals surface area (Å²) in [7, 11) is 1.40. The molecule has 4 nitrogen and oxygen atoms in total. The minimum atomic E-state index is -0.753. The van der Waals surface area contributed by atoms with E-state index in [1.165, 1.54) is 19.2 Å². The molecule has 0 aliphatic carbocycles. The molecule has 86 valence electrons. The van der Waals surface area contributed by atoms with Gasteiger partial charge in [-0.3, -0.25) is 9.59 Å². The van der Waals surface area contributed by atoms with Gasteiger partial charge >= 0.3 is 0 Å². The van der Waals surface area contributed by atoms with E-state index in [1.54, 1.807) is 0 Å². The number of methoxy groups -OCH3 is 1. The fraction of sp³-hybridized carbons (Fsp3) is 0.200. The van der Waals surface area contributed by atoms with Gasteiger partial charge in [-0.15, -0.1) is 0 Å². The number of nitrogens with one attached hydrogen (secondary N) is 1. The fourth-order valence-corrected chi connectivity index (χ4v) is 1.64. The summed E-state index contributed by atoms with van der Waals surface area (Å²) in [5.41, 5.74) is 0.264. The van der Waals surface area contributed by atoms with E-state index in [0.717, 1.165) is 6.92 Å². The second-order valence-electron chi connectivity index (χ2n) is 2.98. The lowest BCUT2D eigenvalue weighted by molar-refractivity contribution is -0.133. The van der Waals surface area contributed by atoms with E-state index in [4.69, 9.17) is 27.9 Å². The van der Waals surface area contributed by atoms with Gasteiger partial charge in [0.05, 0.1) is 17.8 Å². The lowest BCUT2D eigenvalue weighted by Gasteiger charge is -2.11. The number of carbonyl (C=O) groups is 2. The van der Waals surface area contributed by atoms with Gasteiger partial charge in [-0.1, -0.05) is 23.2 Å². The average molecular weight is 262 g/mol. The Morgan fingerprint density at radius 1 is 1.31 bits per heavy atom. The number of ketones is 1. The standard InChI is InChI=1S/C10H9Cl2NO3/c1-5(14)10(15)13-8-4-6(11)3-7(12)9(8)16-2/h3-4H,1-2H3,(H,13,15). The summed E-state index contributed by atoms with van der Waals surface area (Å²) in [5, 5.41) is 2.96. The van der Waals surface area contributed by atoms with Crippen LogP contribution in [0.2, 0.25) is 10.0 Å². The van der Waals surface area contributed by atoms with Gasteiger partial charge < -0.3 is 10.1 Å². The molecule has 0 heterocycles. The number of Topliss-reactive ketones (excluding diaryl/α,β-unsaturated/α-hetero) is 1. The Morgan fingerprint density at radius 3 is 2.44 bits per heavy atom. The molecule has 0 radical (unpaired) electrons. The Balaban J connectivity index is 3.12. The average Bonchev–Trinajstić information content (AvgIpc) is 2.16. The van der Waals surface area contributed by atoms with Crippen molar-refractivity contribution in [1.29, 1.82) is 0 Å². The van der Waals surface area contributed by atoms with Gasteiger partial charge in [0, 0.05) is 11.9 Å². The maximum Gasteiger partial charge on any atom is 0.291 e. The van der Waals surface area contributed by atoms with E-state index in [0.29, 0.717) is 5.02 Å². The van der Waals surface area contributed by atoms with Crippen LogP contribution in [0.15, 0.2) is 12.1 Å². The van der Waals surface area contributed by atoms with Crippen molar-refractivity contribution in [2.75, 3.05) is 12.4 Å². The maximum absolute atomic E-state index is 11.2. The first-order chi connectivity index (χ1) is 7.45. The molecule has 1 aromatic rings.